The zero-order valence-electron chi connectivity index (χ0n) is 6.14. The summed E-state index contributed by atoms with van der Waals surface area (Å²) < 4.78 is 6.44. The Morgan fingerprint density at radius 1 is 1.50 bits per heavy atom. The van der Waals surface area contributed by atoms with Crippen molar-refractivity contribution in [1.82, 2.24) is 0 Å². The van der Waals surface area contributed by atoms with Crippen LogP contribution in [0.15, 0.2) is 0 Å². The maximum Gasteiger partial charge on any atom is 0.189 e. The number of aliphatic hydroxyl groups is 4. The molecular weight excluding hydrogens is 140 g/mol. The molecule has 1 unspecified atom stereocenters. The average molecular weight is 151 g/mol. The fourth-order valence-electron chi connectivity index (χ4n) is 0.366. The second kappa shape index (κ2) is 4.35. The van der Waals surface area contributed by atoms with Crippen molar-refractivity contribution in [2.75, 3.05) is 13.2 Å². The van der Waals surface area contributed by atoms with Crippen molar-refractivity contribution >= 4 is 5.78 Å². The van der Waals surface area contributed by atoms with Crippen molar-refractivity contribution in [3.05, 3.63) is 0 Å². The van der Waals surface area contributed by atoms with Crippen LogP contribution in [-0.4, -0.2) is 51.6 Å². The van der Waals surface area contributed by atoms with E-state index in [1.165, 1.54) is 0 Å². The van der Waals surface area contributed by atoms with Crippen LogP contribution in [0.5, 0.6) is 0 Å². The first kappa shape index (κ1) is 7.62. The highest BCUT2D eigenvalue weighted by Gasteiger charge is 2.21. The second-order valence-corrected chi connectivity index (χ2v) is 1.73. The van der Waals surface area contributed by atoms with Crippen LogP contribution in [0, 0.1) is 0 Å². The summed E-state index contributed by atoms with van der Waals surface area (Å²) in [6.07, 6.45) is -3.53. The van der Waals surface area contributed by atoms with E-state index in [-0.39, 0.29) is 0 Å². The number of carbonyl (C=O) groups excluding carboxylic acids is 1. The van der Waals surface area contributed by atoms with Gasteiger partial charge < -0.3 is 20.4 Å². The second-order valence-electron chi connectivity index (χ2n) is 1.73. The van der Waals surface area contributed by atoms with Crippen molar-refractivity contribution in [1.29, 1.82) is 0 Å². The number of hydrogen-bond donors (Lipinski definition) is 4. The lowest BCUT2D eigenvalue weighted by atomic mass is 10.1. The highest BCUT2D eigenvalue weighted by molar-refractivity contribution is 5.84. The van der Waals surface area contributed by atoms with E-state index in [0.717, 1.165) is 0 Å². The quantitative estimate of drug-likeness (QED) is 0.349. The number of Topliss-reactive ketones (excluding diaryl/α,β-unsaturated/α-hetero) is 1. The minimum Gasteiger partial charge on any atom is -0.394 e. The zero-order valence-corrected chi connectivity index (χ0v) is 5.14. The molecule has 5 heteroatoms. The van der Waals surface area contributed by atoms with Gasteiger partial charge in [-0.3, -0.25) is 4.79 Å². The average Bonchev–Trinajstić information content (AvgIpc) is 2.00. The molecule has 4 N–H and O–H groups in total. The zero-order chi connectivity index (χ0) is 9.02. The molecule has 5 nitrogen and oxygen atoms in total. The fourth-order valence-corrected chi connectivity index (χ4v) is 0.366. The lowest BCUT2D eigenvalue weighted by molar-refractivity contribution is -0.137. The Balaban J connectivity index is 4.02. The Morgan fingerprint density at radius 2 is 2.00 bits per heavy atom. The maximum atomic E-state index is 10.5. The number of carbonyl (C=O) groups is 1. The summed E-state index contributed by atoms with van der Waals surface area (Å²) in [6, 6.07) is 0. The summed E-state index contributed by atoms with van der Waals surface area (Å²) in [4.78, 5) is 10.5. The molecule has 0 aliphatic carbocycles. The Kier molecular flexibility index (Phi) is 3.31. The van der Waals surface area contributed by atoms with Crippen molar-refractivity contribution < 1.29 is 26.6 Å². The van der Waals surface area contributed by atoms with Crippen LogP contribution in [-0.2, 0) is 4.79 Å². The lowest BCUT2D eigenvalue weighted by Gasteiger charge is -2.11. The van der Waals surface area contributed by atoms with Crippen LogP contribution in [0.4, 0.5) is 0 Å². The van der Waals surface area contributed by atoms with Crippen molar-refractivity contribution in [3.8, 4) is 0 Å². The summed E-state index contributed by atoms with van der Waals surface area (Å²) in [5.74, 6) is -1.23. The monoisotopic (exact) mass is 151 g/mol. The van der Waals surface area contributed by atoms with Gasteiger partial charge >= 0.3 is 0 Å². The predicted octanol–water partition coefficient (Wildman–Crippen LogP) is -2.74. The molecule has 0 saturated heterocycles. The number of aliphatic hydroxyl groups excluding tert-OH is 4. The third-order valence-corrected chi connectivity index (χ3v) is 0.970. The van der Waals surface area contributed by atoms with Gasteiger partial charge in [-0.2, -0.15) is 0 Å². The predicted molar refractivity (Wildman–Crippen MR) is 31.2 cm³/mol. The van der Waals surface area contributed by atoms with Crippen LogP contribution in [0.25, 0.3) is 0 Å². The van der Waals surface area contributed by atoms with Gasteiger partial charge in [-0.05, 0) is 0 Å². The smallest absolute Gasteiger partial charge is 0.189 e. The Morgan fingerprint density at radius 3 is 2.30 bits per heavy atom. The molecular formula is C5H10O5. The number of hydrogen-bond acceptors (Lipinski definition) is 5. The van der Waals surface area contributed by atoms with Crippen LogP contribution >= 0.6 is 0 Å². The molecule has 0 fully saturated rings. The summed E-state index contributed by atoms with van der Waals surface area (Å²) in [5.41, 5.74) is 0. The molecule has 0 aromatic rings. The Bertz CT molecular complexity index is 137. The molecule has 0 aromatic heterocycles. The van der Waals surface area contributed by atoms with E-state index < -0.39 is 31.2 Å². The van der Waals surface area contributed by atoms with Gasteiger partial charge in [0.15, 0.2) is 5.78 Å². The van der Waals surface area contributed by atoms with Gasteiger partial charge in [-0.15, -0.1) is 0 Å². The number of ketones is 1. The van der Waals surface area contributed by atoms with Crippen LogP contribution in [0.1, 0.15) is 1.37 Å². The van der Waals surface area contributed by atoms with Gasteiger partial charge in [-0.25, -0.2) is 0 Å². The van der Waals surface area contributed by atoms with Gasteiger partial charge in [0.1, 0.15) is 18.8 Å². The van der Waals surface area contributed by atoms with Gasteiger partial charge in [0.2, 0.25) is 0 Å². The summed E-state index contributed by atoms with van der Waals surface area (Å²) in [7, 11) is 0. The SMILES string of the molecule is [2H]C(O)C(=O)[C@H](O)[C@H](O)CO. The molecule has 0 saturated carbocycles. The molecule has 0 rings (SSSR count). The third kappa shape index (κ3) is 2.40. The number of rotatable bonds is 4. The van der Waals surface area contributed by atoms with Crippen LogP contribution in [0.2, 0.25) is 0 Å². The van der Waals surface area contributed by atoms with E-state index in [2.05, 4.69) is 0 Å². The van der Waals surface area contributed by atoms with E-state index in [0.29, 0.717) is 0 Å². The van der Waals surface area contributed by atoms with Gasteiger partial charge in [0.25, 0.3) is 0 Å². The highest BCUT2D eigenvalue weighted by Crippen LogP contribution is 1.92. The largest absolute Gasteiger partial charge is 0.394 e. The fraction of sp³-hybridized carbons (Fsp3) is 0.800. The van der Waals surface area contributed by atoms with Gasteiger partial charge in [-0.1, -0.05) is 0 Å². The molecule has 0 aromatic carbocycles. The third-order valence-electron chi connectivity index (χ3n) is 0.970. The minimum atomic E-state index is -2.08. The van der Waals surface area contributed by atoms with Crippen LogP contribution in [0.3, 0.4) is 0 Å². The molecule has 0 bridgehead atoms. The van der Waals surface area contributed by atoms with E-state index in [4.69, 9.17) is 21.8 Å². The molecule has 10 heavy (non-hydrogen) atoms. The first-order valence-electron chi connectivity index (χ1n) is 3.19. The first-order valence-corrected chi connectivity index (χ1v) is 2.61. The van der Waals surface area contributed by atoms with Gasteiger partial charge in [0, 0.05) is 0 Å². The molecule has 0 spiro atoms. The summed E-state index contributed by atoms with van der Waals surface area (Å²) >= 11 is 0. The molecule has 0 amide bonds. The standard InChI is InChI=1S/C5H10O5/c6-1-3(8)5(10)4(9)2-7/h3,5-8,10H,1-2H2/t3-,5-/m1/s1/i2D/t2?,3-,5-. The summed E-state index contributed by atoms with van der Waals surface area (Å²) in [5, 5.41) is 33.9. The van der Waals surface area contributed by atoms with Gasteiger partial charge in [0.05, 0.1) is 7.98 Å². The van der Waals surface area contributed by atoms with Crippen molar-refractivity contribution in [3.63, 3.8) is 0 Å². The van der Waals surface area contributed by atoms with E-state index in [9.17, 15) is 4.79 Å². The van der Waals surface area contributed by atoms with Crippen molar-refractivity contribution in [2.45, 2.75) is 12.2 Å². The normalized spacial score (nSPS) is 21.0. The van der Waals surface area contributed by atoms with E-state index >= 15 is 0 Å². The first-order chi connectivity index (χ1) is 5.00. The molecule has 0 radical (unpaired) electrons. The molecule has 3 atom stereocenters. The summed E-state index contributed by atoms with van der Waals surface area (Å²) in [6.45, 7) is -2.87. The molecule has 0 heterocycles. The molecule has 0 aliphatic rings. The highest BCUT2D eigenvalue weighted by atomic mass is 16.4. The van der Waals surface area contributed by atoms with E-state index in [1.54, 1.807) is 0 Å². The lowest BCUT2D eigenvalue weighted by Crippen LogP contribution is -2.37. The molecule has 60 valence electrons. The Hall–Kier alpha value is -0.490. The maximum absolute atomic E-state index is 10.5. The topological polar surface area (TPSA) is 98.0 Å². The van der Waals surface area contributed by atoms with Crippen LogP contribution < -0.4 is 0 Å². The molecule has 0 aliphatic heterocycles. The van der Waals surface area contributed by atoms with E-state index in [1.807, 2.05) is 0 Å². The Labute approximate surface area is 58.9 Å². The van der Waals surface area contributed by atoms with Crippen molar-refractivity contribution in [2.24, 2.45) is 0 Å². The minimum absolute atomic E-state index is 0.792.